The van der Waals surface area contributed by atoms with Crippen LogP contribution >= 0.6 is 0 Å². The van der Waals surface area contributed by atoms with E-state index in [-0.39, 0.29) is 6.54 Å². The second-order valence-corrected chi connectivity index (χ2v) is 6.34. The summed E-state index contributed by atoms with van der Waals surface area (Å²) < 4.78 is 29.8. The zero-order valence-electron chi connectivity index (χ0n) is 12.2. The van der Waals surface area contributed by atoms with E-state index in [9.17, 15) is 13.5 Å². The van der Waals surface area contributed by atoms with Gasteiger partial charge < -0.3 is 5.11 Å². The largest absolute Gasteiger partial charge is 0.374 e. The Morgan fingerprint density at radius 3 is 2.09 bits per heavy atom. The van der Waals surface area contributed by atoms with Crippen molar-refractivity contribution >= 4 is 21.5 Å². The Bertz CT molecular complexity index is 746. The summed E-state index contributed by atoms with van der Waals surface area (Å²) in [5, 5.41) is 20.6. The van der Waals surface area contributed by atoms with Gasteiger partial charge in [-0.1, -0.05) is 30.3 Å². The maximum atomic E-state index is 10.6. The molecular formula is C15H17N3O4S. The zero-order chi connectivity index (χ0) is 16.7. The van der Waals surface area contributed by atoms with Crippen LogP contribution in [0.3, 0.4) is 0 Å². The molecule has 0 aromatic heterocycles. The molecule has 0 amide bonds. The number of aliphatic hydroxyl groups is 1. The molecule has 7 nitrogen and oxygen atoms in total. The molecule has 0 aliphatic heterocycles. The number of hydrogen-bond acceptors (Lipinski definition) is 6. The third-order valence-electron chi connectivity index (χ3n) is 2.94. The number of azo groups is 1. The molecule has 2 aromatic carbocycles. The first kappa shape index (κ1) is 17.2. The summed E-state index contributed by atoms with van der Waals surface area (Å²) in [6.07, 6.45) is -1.03. The van der Waals surface area contributed by atoms with Crippen LogP contribution in [0.15, 0.2) is 64.8 Å². The van der Waals surface area contributed by atoms with E-state index in [1.54, 1.807) is 24.3 Å². The summed E-state index contributed by atoms with van der Waals surface area (Å²) in [4.78, 5) is 0. The molecule has 3 N–H and O–H groups in total. The zero-order valence-corrected chi connectivity index (χ0v) is 13.0. The van der Waals surface area contributed by atoms with E-state index in [2.05, 4.69) is 15.5 Å². The first-order chi connectivity index (χ1) is 10.9. The summed E-state index contributed by atoms with van der Waals surface area (Å²) in [7, 11) is -4.04. The number of hydrogen-bond donors (Lipinski definition) is 3. The van der Waals surface area contributed by atoms with Crippen molar-refractivity contribution in [2.45, 2.75) is 6.23 Å². The molecule has 2 aromatic rings. The van der Waals surface area contributed by atoms with Crippen LogP contribution in [0.5, 0.6) is 0 Å². The van der Waals surface area contributed by atoms with Crippen LogP contribution in [-0.4, -0.2) is 30.4 Å². The van der Waals surface area contributed by atoms with Crippen molar-refractivity contribution in [2.24, 2.45) is 10.2 Å². The number of benzene rings is 2. The monoisotopic (exact) mass is 335 g/mol. The summed E-state index contributed by atoms with van der Waals surface area (Å²) in [6, 6.07) is 16.0. The van der Waals surface area contributed by atoms with Gasteiger partial charge in [0.1, 0.15) is 6.23 Å². The Kier molecular flexibility index (Phi) is 5.94. The Labute approximate surface area is 134 Å². The van der Waals surface area contributed by atoms with Gasteiger partial charge in [-0.2, -0.15) is 18.6 Å². The van der Waals surface area contributed by atoms with Crippen molar-refractivity contribution in [3.63, 3.8) is 0 Å². The van der Waals surface area contributed by atoms with Crippen molar-refractivity contribution in [2.75, 3.05) is 12.3 Å². The molecule has 23 heavy (non-hydrogen) atoms. The van der Waals surface area contributed by atoms with Gasteiger partial charge in [0.05, 0.1) is 17.1 Å². The molecule has 122 valence electrons. The maximum absolute atomic E-state index is 10.6. The van der Waals surface area contributed by atoms with E-state index in [0.29, 0.717) is 11.3 Å². The first-order valence-electron chi connectivity index (χ1n) is 6.87. The van der Waals surface area contributed by atoms with Gasteiger partial charge in [-0.15, -0.1) is 0 Å². The van der Waals surface area contributed by atoms with E-state index in [1.165, 1.54) is 0 Å². The van der Waals surface area contributed by atoms with Gasteiger partial charge >= 0.3 is 0 Å². The first-order valence-corrected chi connectivity index (χ1v) is 8.48. The highest BCUT2D eigenvalue weighted by Crippen LogP contribution is 2.20. The minimum atomic E-state index is -4.04. The predicted octanol–water partition coefficient (Wildman–Crippen LogP) is 2.57. The van der Waals surface area contributed by atoms with Crippen LogP contribution in [0.4, 0.5) is 11.4 Å². The normalized spacial score (nSPS) is 13.3. The fourth-order valence-corrected chi connectivity index (χ4v) is 2.15. The average Bonchev–Trinajstić information content (AvgIpc) is 2.53. The molecule has 0 bridgehead atoms. The SMILES string of the molecule is O=S(=O)(O)CCNC(O)c1ccc(/N=N/c2ccccc2)cc1. The van der Waals surface area contributed by atoms with Gasteiger partial charge in [0.15, 0.2) is 0 Å². The highest BCUT2D eigenvalue weighted by atomic mass is 32.2. The molecule has 0 fully saturated rings. The topological polar surface area (TPSA) is 111 Å². The third-order valence-corrected chi connectivity index (χ3v) is 3.66. The molecule has 8 heteroatoms. The minimum Gasteiger partial charge on any atom is -0.374 e. The van der Waals surface area contributed by atoms with Gasteiger partial charge in [0, 0.05) is 6.54 Å². The van der Waals surface area contributed by atoms with Crippen molar-refractivity contribution in [3.05, 3.63) is 60.2 Å². The average molecular weight is 335 g/mol. The van der Waals surface area contributed by atoms with Crippen molar-refractivity contribution < 1.29 is 18.1 Å². The molecule has 0 saturated heterocycles. The molecule has 2 rings (SSSR count). The number of aliphatic hydroxyl groups excluding tert-OH is 1. The molecule has 1 unspecified atom stereocenters. The molecule has 0 aliphatic carbocycles. The summed E-state index contributed by atoms with van der Waals surface area (Å²) in [5.74, 6) is -0.465. The van der Waals surface area contributed by atoms with E-state index in [0.717, 1.165) is 5.69 Å². The van der Waals surface area contributed by atoms with E-state index >= 15 is 0 Å². The lowest BCUT2D eigenvalue weighted by atomic mass is 10.2. The molecule has 0 aliphatic rings. The third kappa shape index (κ3) is 6.25. The van der Waals surface area contributed by atoms with Gasteiger partial charge in [0.2, 0.25) is 0 Å². The molecular weight excluding hydrogens is 318 g/mol. The molecule has 1 atom stereocenters. The standard InChI is InChI=1S/C15H17N3O4S/c19-15(16-10-11-23(20,21)22)12-6-8-14(9-7-12)18-17-13-4-2-1-3-5-13/h1-9,15-16,19H,10-11H2,(H,20,21,22)/b18-17+. The highest BCUT2D eigenvalue weighted by Gasteiger charge is 2.09. The number of nitrogens with one attached hydrogen (secondary N) is 1. The Morgan fingerprint density at radius 1 is 0.957 bits per heavy atom. The number of nitrogens with zero attached hydrogens (tertiary/aromatic N) is 2. The smallest absolute Gasteiger partial charge is 0.266 e. The summed E-state index contributed by atoms with van der Waals surface area (Å²) in [6.45, 7) is -0.0601. The Morgan fingerprint density at radius 2 is 1.52 bits per heavy atom. The lowest BCUT2D eigenvalue weighted by Gasteiger charge is -2.12. The van der Waals surface area contributed by atoms with Crippen molar-refractivity contribution in [3.8, 4) is 0 Å². The fraction of sp³-hybridized carbons (Fsp3) is 0.200. The van der Waals surface area contributed by atoms with Crippen molar-refractivity contribution in [1.29, 1.82) is 0 Å². The lowest BCUT2D eigenvalue weighted by Crippen LogP contribution is -2.26. The Hall–Kier alpha value is -2.13. The fourth-order valence-electron chi connectivity index (χ4n) is 1.78. The van der Waals surface area contributed by atoms with Gasteiger partial charge in [-0.3, -0.25) is 9.87 Å². The minimum absolute atomic E-state index is 0.0601. The lowest BCUT2D eigenvalue weighted by molar-refractivity contribution is 0.142. The van der Waals surface area contributed by atoms with Crippen LogP contribution < -0.4 is 5.32 Å². The molecule has 0 heterocycles. The van der Waals surface area contributed by atoms with Crippen LogP contribution in [0.25, 0.3) is 0 Å². The van der Waals surface area contributed by atoms with Crippen LogP contribution in [0.2, 0.25) is 0 Å². The molecule has 0 spiro atoms. The quantitative estimate of drug-likeness (QED) is 0.409. The van der Waals surface area contributed by atoms with E-state index in [1.807, 2.05) is 30.3 Å². The summed E-state index contributed by atoms with van der Waals surface area (Å²) in [5.41, 5.74) is 1.92. The second kappa shape index (κ2) is 7.93. The van der Waals surface area contributed by atoms with E-state index in [4.69, 9.17) is 4.55 Å². The van der Waals surface area contributed by atoms with Crippen LogP contribution in [0, 0.1) is 0 Å². The Balaban J connectivity index is 1.92. The summed E-state index contributed by atoms with van der Waals surface area (Å²) >= 11 is 0. The number of rotatable bonds is 7. The highest BCUT2D eigenvalue weighted by molar-refractivity contribution is 7.85. The maximum Gasteiger partial charge on any atom is 0.266 e. The van der Waals surface area contributed by atoms with Crippen molar-refractivity contribution in [1.82, 2.24) is 5.32 Å². The van der Waals surface area contributed by atoms with Crippen LogP contribution in [0.1, 0.15) is 11.8 Å². The van der Waals surface area contributed by atoms with Gasteiger partial charge in [-0.25, -0.2) is 0 Å². The molecule has 0 radical (unpaired) electrons. The predicted molar refractivity (Wildman–Crippen MR) is 86.4 cm³/mol. The van der Waals surface area contributed by atoms with Crippen LogP contribution in [-0.2, 0) is 10.1 Å². The second-order valence-electron chi connectivity index (χ2n) is 4.77. The van der Waals surface area contributed by atoms with E-state index < -0.39 is 22.1 Å². The molecule has 0 saturated carbocycles. The van der Waals surface area contributed by atoms with Gasteiger partial charge in [0.25, 0.3) is 10.1 Å². The van der Waals surface area contributed by atoms with Gasteiger partial charge in [-0.05, 0) is 29.8 Å².